The van der Waals surface area contributed by atoms with Crippen LogP contribution < -0.4 is 0 Å². The summed E-state index contributed by atoms with van der Waals surface area (Å²) >= 11 is 0. The summed E-state index contributed by atoms with van der Waals surface area (Å²) in [6.45, 7) is 0. The molecule has 0 saturated carbocycles. The van der Waals surface area contributed by atoms with Gasteiger partial charge in [0, 0.05) is 0 Å². The Kier molecular flexibility index (Phi) is 2.50. The number of aromatic amines is 1. The number of nitrogens with one attached hydrogen (secondary N) is 1. The highest BCUT2D eigenvalue weighted by Gasteiger charge is 2.15. The molecule has 0 unspecified atom stereocenters. The molecule has 2 aromatic carbocycles. The fraction of sp³-hybridized carbons (Fsp3) is 0. The van der Waals surface area contributed by atoms with Gasteiger partial charge in [-0.2, -0.15) is 5.26 Å². The lowest BCUT2D eigenvalue weighted by Gasteiger charge is -2.00. The lowest BCUT2D eigenvalue weighted by atomic mass is 10.2. The molecule has 0 radical (unpaired) electrons. The van der Waals surface area contributed by atoms with Gasteiger partial charge in [0.15, 0.2) is 0 Å². The Balaban J connectivity index is 2.31. The number of nitrogens with zero attached hydrogens (tertiary/aromatic N) is 2. The van der Waals surface area contributed by atoms with Crippen molar-refractivity contribution in [2.45, 2.75) is 0 Å². The second kappa shape index (κ2) is 4.18. The van der Waals surface area contributed by atoms with E-state index in [1.165, 1.54) is 6.07 Å². The van der Waals surface area contributed by atoms with E-state index in [4.69, 9.17) is 5.26 Å². The molecule has 0 aliphatic carbocycles. The predicted molar refractivity (Wildman–Crippen MR) is 66.2 cm³/mol. The zero-order valence-electron chi connectivity index (χ0n) is 9.61. The predicted octanol–water partition coefficient (Wildman–Crippen LogP) is 3.38. The summed E-state index contributed by atoms with van der Waals surface area (Å²) in [5.74, 6) is -1.32. The summed E-state index contributed by atoms with van der Waals surface area (Å²) < 4.78 is 27.4. The minimum Gasteiger partial charge on any atom is -0.338 e. The van der Waals surface area contributed by atoms with Gasteiger partial charge >= 0.3 is 0 Å². The van der Waals surface area contributed by atoms with Crippen molar-refractivity contribution < 1.29 is 8.78 Å². The Hall–Kier alpha value is -2.74. The lowest BCUT2D eigenvalue weighted by Crippen LogP contribution is -1.91. The number of aromatic nitrogens is 2. The van der Waals surface area contributed by atoms with Crippen molar-refractivity contribution in [3.8, 4) is 17.5 Å². The molecule has 0 aliphatic heterocycles. The number of rotatable bonds is 1. The number of hydrogen-bond donors (Lipinski definition) is 1. The minimum absolute atomic E-state index is 0.0771. The van der Waals surface area contributed by atoms with Gasteiger partial charge in [-0.25, -0.2) is 13.8 Å². The maximum Gasteiger partial charge on any atom is 0.144 e. The Bertz CT molecular complexity index is 795. The van der Waals surface area contributed by atoms with Crippen LogP contribution in [0.4, 0.5) is 8.78 Å². The third-order valence-corrected chi connectivity index (χ3v) is 2.83. The highest BCUT2D eigenvalue weighted by Crippen LogP contribution is 2.26. The van der Waals surface area contributed by atoms with Gasteiger partial charge in [-0.05, 0) is 24.3 Å². The Morgan fingerprint density at radius 3 is 2.42 bits per heavy atom. The Morgan fingerprint density at radius 1 is 1.05 bits per heavy atom. The molecule has 19 heavy (non-hydrogen) atoms. The van der Waals surface area contributed by atoms with Crippen LogP contribution in [-0.2, 0) is 0 Å². The van der Waals surface area contributed by atoms with Crippen molar-refractivity contribution in [2.24, 2.45) is 0 Å². The molecule has 1 aromatic heterocycles. The normalized spacial score (nSPS) is 10.6. The van der Waals surface area contributed by atoms with Crippen molar-refractivity contribution in [1.82, 2.24) is 9.97 Å². The molecule has 3 rings (SSSR count). The third kappa shape index (κ3) is 1.74. The number of H-pyrrole nitrogens is 1. The SMILES string of the molecule is N#Cc1cccc2[nH]c(-c3c(F)cccc3F)nc12. The van der Waals surface area contributed by atoms with Gasteiger partial charge in [0.25, 0.3) is 0 Å². The van der Waals surface area contributed by atoms with E-state index in [1.807, 2.05) is 6.07 Å². The molecule has 0 aliphatic rings. The standard InChI is InChI=1S/C14H7F2N3/c15-9-4-2-5-10(16)12(9)14-18-11-6-1-3-8(7-17)13(11)19-14/h1-6H,(H,18,19). The van der Waals surface area contributed by atoms with E-state index >= 15 is 0 Å². The summed E-state index contributed by atoms with van der Waals surface area (Å²) in [5, 5.41) is 8.97. The van der Waals surface area contributed by atoms with E-state index in [2.05, 4.69) is 9.97 Å². The van der Waals surface area contributed by atoms with E-state index in [9.17, 15) is 8.78 Å². The molecule has 3 aromatic rings. The molecule has 1 N–H and O–H groups in total. The summed E-state index contributed by atoms with van der Waals surface area (Å²) in [6.07, 6.45) is 0. The first-order valence-corrected chi connectivity index (χ1v) is 5.54. The number of fused-ring (bicyclic) bond motifs is 1. The zero-order chi connectivity index (χ0) is 13.4. The quantitative estimate of drug-likeness (QED) is 0.724. The molecule has 0 amide bonds. The van der Waals surface area contributed by atoms with Crippen LogP contribution >= 0.6 is 0 Å². The van der Waals surface area contributed by atoms with Gasteiger partial charge in [-0.1, -0.05) is 12.1 Å². The average molecular weight is 255 g/mol. The molecule has 92 valence electrons. The number of para-hydroxylation sites is 1. The molecular weight excluding hydrogens is 248 g/mol. The molecule has 0 spiro atoms. The minimum atomic E-state index is -0.697. The second-order valence-electron chi connectivity index (χ2n) is 4.00. The van der Waals surface area contributed by atoms with Crippen molar-refractivity contribution in [3.63, 3.8) is 0 Å². The largest absolute Gasteiger partial charge is 0.338 e. The van der Waals surface area contributed by atoms with Gasteiger partial charge < -0.3 is 4.98 Å². The topological polar surface area (TPSA) is 52.5 Å². The van der Waals surface area contributed by atoms with Crippen molar-refractivity contribution in [3.05, 3.63) is 53.6 Å². The zero-order valence-corrected chi connectivity index (χ0v) is 9.61. The smallest absolute Gasteiger partial charge is 0.144 e. The molecule has 1 heterocycles. The maximum atomic E-state index is 13.7. The Labute approximate surface area is 107 Å². The fourth-order valence-electron chi connectivity index (χ4n) is 1.96. The number of hydrogen-bond acceptors (Lipinski definition) is 2. The number of imidazole rings is 1. The second-order valence-corrected chi connectivity index (χ2v) is 4.00. The van der Waals surface area contributed by atoms with Crippen LogP contribution in [0.5, 0.6) is 0 Å². The molecule has 5 heteroatoms. The van der Waals surface area contributed by atoms with Crippen molar-refractivity contribution >= 4 is 11.0 Å². The van der Waals surface area contributed by atoms with Crippen molar-refractivity contribution in [1.29, 1.82) is 5.26 Å². The van der Waals surface area contributed by atoms with Gasteiger partial charge in [0.1, 0.15) is 29.0 Å². The van der Waals surface area contributed by atoms with Gasteiger partial charge in [-0.15, -0.1) is 0 Å². The van der Waals surface area contributed by atoms with Crippen LogP contribution in [0.2, 0.25) is 0 Å². The average Bonchev–Trinajstić information content (AvgIpc) is 2.81. The van der Waals surface area contributed by atoms with Crippen LogP contribution in [0, 0.1) is 23.0 Å². The lowest BCUT2D eigenvalue weighted by molar-refractivity contribution is 0.588. The fourth-order valence-corrected chi connectivity index (χ4v) is 1.96. The molecule has 0 fully saturated rings. The van der Waals surface area contributed by atoms with E-state index in [-0.39, 0.29) is 11.4 Å². The molecule has 0 atom stereocenters. The van der Waals surface area contributed by atoms with Gasteiger partial charge in [0.2, 0.25) is 0 Å². The van der Waals surface area contributed by atoms with E-state index in [0.717, 1.165) is 12.1 Å². The van der Waals surface area contributed by atoms with Gasteiger partial charge in [0.05, 0.1) is 16.6 Å². The highest BCUT2D eigenvalue weighted by atomic mass is 19.1. The monoisotopic (exact) mass is 255 g/mol. The van der Waals surface area contributed by atoms with Gasteiger partial charge in [-0.3, -0.25) is 0 Å². The van der Waals surface area contributed by atoms with Crippen LogP contribution in [0.1, 0.15) is 5.56 Å². The summed E-state index contributed by atoms with van der Waals surface area (Å²) in [7, 11) is 0. The molecule has 0 bridgehead atoms. The van der Waals surface area contributed by atoms with Crippen LogP contribution in [-0.4, -0.2) is 9.97 Å². The van der Waals surface area contributed by atoms with E-state index in [1.54, 1.807) is 18.2 Å². The number of benzene rings is 2. The van der Waals surface area contributed by atoms with Crippen LogP contribution in [0.15, 0.2) is 36.4 Å². The van der Waals surface area contributed by atoms with E-state index < -0.39 is 11.6 Å². The number of nitriles is 1. The number of halogens is 2. The summed E-state index contributed by atoms with van der Waals surface area (Å²) in [5.41, 5.74) is 1.11. The molecule has 0 saturated heterocycles. The van der Waals surface area contributed by atoms with Crippen LogP contribution in [0.3, 0.4) is 0 Å². The molecular formula is C14H7F2N3. The summed E-state index contributed by atoms with van der Waals surface area (Å²) in [6, 6.07) is 10.6. The van der Waals surface area contributed by atoms with E-state index in [0.29, 0.717) is 16.6 Å². The summed E-state index contributed by atoms with van der Waals surface area (Å²) in [4.78, 5) is 6.94. The van der Waals surface area contributed by atoms with Crippen LogP contribution in [0.25, 0.3) is 22.4 Å². The maximum absolute atomic E-state index is 13.7. The molecule has 3 nitrogen and oxygen atoms in total. The first-order chi connectivity index (χ1) is 9.20. The first kappa shape index (κ1) is 11.4. The first-order valence-electron chi connectivity index (χ1n) is 5.54. The third-order valence-electron chi connectivity index (χ3n) is 2.83. The highest BCUT2D eigenvalue weighted by molar-refractivity contribution is 5.84. The van der Waals surface area contributed by atoms with Crippen molar-refractivity contribution in [2.75, 3.05) is 0 Å². The Morgan fingerprint density at radius 2 is 1.74 bits per heavy atom.